The largest absolute Gasteiger partial charge is 0.468 e. The van der Waals surface area contributed by atoms with Gasteiger partial charge in [0.25, 0.3) is 0 Å². The molecule has 0 radical (unpaired) electrons. The van der Waals surface area contributed by atoms with E-state index in [1.807, 2.05) is 0 Å². The molecule has 1 aromatic heterocycles. The summed E-state index contributed by atoms with van der Waals surface area (Å²) in [6, 6.07) is 4.11. The number of rotatable bonds is 5. The first-order valence-corrected chi connectivity index (χ1v) is 6.63. The molecular weight excluding hydrogens is 325 g/mol. The Labute approximate surface area is 134 Å². The second-order valence-electron chi connectivity index (χ2n) is 4.96. The Bertz CT molecular complexity index is 848. The molecule has 0 unspecified atom stereocenters. The van der Waals surface area contributed by atoms with Crippen LogP contribution in [0.5, 0.6) is 0 Å². The molecule has 0 spiro atoms. The van der Waals surface area contributed by atoms with E-state index in [9.17, 15) is 29.4 Å². The van der Waals surface area contributed by atoms with Crippen molar-refractivity contribution in [2.24, 2.45) is 0 Å². The van der Waals surface area contributed by atoms with Crippen LogP contribution in [0.1, 0.15) is 11.3 Å². The quantitative estimate of drug-likeness (QED) is 0.656. The highest BCUT2D eigenvalue weighted by atomic mass is 19.1. The van der Waals surface area contributed by atoms with Crippen molar-refractivity contribution < 1.29 is 19.0 Å². The van der Waals surface area contributed by atoms with Gasteiger partial charge in [0, 0.05) is 0 Å². The molecule has 0 saturated heterocycles. The molecule has 126 valence electrons. The summed E-state index contributed by atoms with van der Waals surface area (Å²) in [7, 11) is 0. The molecule has 10 nitrogen and oxygen atoms in total. The predicted molar refractivity (Wildman–Crippen MR) is 80.0 cm³/mol. The lowest BCUT2D eigenvalue weighted by atomic mass is 10.2. The highest BCUT2D eigenvalue weighted by Gasteiger charge is 2.35. The summed E-state index contributed by atoms with van der Waals surface area (Å²) in [6.45, 7) is 2.41. The van der Waals surface area contributed by atoms with E-state index in [2.05, 4.69) is 10.4 Å². The van der Waals surface area contributed by atoms with Crippen LogP contribution in [0.25, 0.3) is 0 Å². The normalized spacial score (nSPS) is 10.5. The molecule has 11 heteroatoms. The summed E-state index contributed by atoms with van der Waals surface area (Å²) in [5, 5.41) is 27.5. The molecule has 0 aliphatic heterocycles. The van der Waals surface area contributed by atoms with Crippen molar-refractivity contribution in [3.63, 3.8) is 0 Å². The van der Waals surface area contributed by atoms with Crippen LogP contribution in [0.3, 0.4) is 0 Å². The summed E-state index contributed by atoms with van der Waals surface area (Å²) in [4.78, 5) is 31.8. The summed E-state index contributed by atoms with van der Waals surface area (Å²) < 4.78 is 14.4. The van der Waals surface area contributed by atoms with Gasteiger partial charge in [-0.1, -0.05) is 6.07 Å². The predicted octanol–water partition coefficient (Wildman–Crippen LogP) is 2.09. The number of nitrogens with one attached hydrogen (secondary N) is 1. The van der Waals surface area contributed by atoms with E-state index in [-0.39, 0.29) is 11.4 Å². The minimum Gasteiger partial charge on any atom is -0.358 e. The third-order valence-electron chi connectivity index (χ3n) is 3.20. The average Bonchev–Trinajstić information content (AvgIpc) is 2.80. The SMILES string of the molecule is Cc1ccc(F)c(NC(=O)Cn2nc([N+](=O)[O-])c([N+](=O)[O-])c2C)c1. The van der Waals surface area contributed by atoms with Crippen molar-refractivity contribution in [2.75, 3.05) is 5.32 Å². The van der Waals surface area contributed by atoms with Crippen molar-refractivity contribution in [1.82, 2.24) is 9.78 Å². The van der Waals surface area contributed by atoms with Crippen LogP contribution < -0.4 is 5.32 Å². The molecule has 24 heavy (non-hydrogen) atoms. The third kappa shape index (κ3) is 3.34. The number of nitro groups is 2. The average molecular weight is 337 g/mol. The molecule has 0 saturated carbocycles. The van der Waals surface area contributed by atoms with Crippen molar-refractivity contribution >= 4 is 23.1 Å². The van der Waals surface area contributed by atoms with Crippen LogP contribution in [0.2, 0.25) is 0 Å². The van der Waals surface area contributed by atoms with E-state index in [0.29, 0.717) is 5.56 Å². The first-order chi connectivity index (χ1) is 11.2. The number of amides is 1. The molecule has 2 aromatic rings. The molecular formula is C13H12FN5O5. The molecule has 0 atom stereocenters. The van der Waals surface area contributed by atoms with Gasteiger partial charge in [-0.3, -0.25) is 14.9 Å². The van der Waals surface area contributed by atoms with Crippen LogP contribution in [0, 0.1) is 39.9 Å². The van der Waals surface area contributed by atoms with E-state index in [4.69, 9.17) is 0 Å². The monoisotopic (exact) mass is 337 g/mol. The second kappa shape index (κ2) is 6.40. The smallest absolute Gasteiger partial charge is 0.358 e. The van der Waals surface area contributed by atoms with Gasteiger partial charge in [0.1, 0.15) is 18.1 Å². The molecule has 0 bridgehead atoms. The number of nitrogens with zero attached hydrogens (tertiary/aromatic N) is 4. The molecule has 1 heterocycles. The highest BCUT2D eigenvalue weighted by molar-refractivity contribution is 5.90. The Balaban J connectivity index is 2.26. The fourth-order valence-electron chi connectivity index (χ4n) is 2.07. The fraction of sp³-hybridized carbons (Fsp3) is 0.231. The molecule has 1 N–H and O–H groups in total. The molecule has 0 aliphatic carbocycles. The Morgan fingerprint density at radius 3 is 2.50 bits per heavy atom. The van der Waals surface area contributed by atoms with Crippen molar-refractivity contribution in [3.8, 4) is 0 Å². The van der Waals surface area contributed by atoms with E-state index in [0.717, 1.165) is 4.68 Å². The Morgan fingerprint density at radius 1 is 1.29 bits per heavy atom. The topological polar surface area (TPSA) is 133 Å². The van der Waals surface area contributed by atoms with E-state index in [1.54, 1.807) is 6.92 Å². The van der Waals surface area contributed by atoms with E-state index < -0.39 is 39.6 Å². The molecule has 1 aromatic carbocycles. The van der Waals surface area contributed by atoms with Crippen molar-refractivity contribution in [2.45, 2.75) is 20.4 Å². The van der Waals surface area contributed by atoms with Crippen LogP contribution in [0.4, 0.5) is 21.6 Å². The van der Waals surface area contributed by atoms with Crippen LogP contribution in [0.15, 0.2) is 18.2 Å². The van der Waals surface area contributed by atoms with Crippen molar-refractivity contribution in [3.05, 3.63) is 55.5 Å². The number of anilines is 1. The number of aromatic nitrogens is 2. The maximum atomic E-state index is 13.6. The number of halogens is 1. The second-order valence-corrected chi connectivity index (χ2v) is 4.96. The van der Waals surface area contributed by atoms with Crippen LogP contribution in [-0.4, -0.2) is 25.5 Å². The van der Waals surface area contributed by atoms with Gasteiger partial charge in [0.2, 0.25) is 5.91 Å². The lowest BCUT2D eigenvalue weighted by Gasteiger charge is -2.06. The molecule has 1 amide bonds. The maximum Gasteiger partial charge on any atom is 0.468 e. The number of aryl methyl sites for hydroxylation is 1. The standard InChI is InChI=1S/C13H12FN5O5/c1-7-3-4-9(14)10(5-7)15-11(20)6-17-8(2)12(18(21)22)13(16-17)19(23)24/h3-5H,6H2,1-2H3,(H,15,20). The van der Waals surface area contributed by atoms with Gasteiger partial charge < -0.3 is 15.4 Å². The summed E-state index contributed by atoms with van der Waals surface area (Å²) in [5.41, 5.74) is -0.275. The maximum absolute atomic E-state index is 13.6. The molecule has 0 fully saturated rings. The minimum atomic E-state index is -1.00. The summed E-state index contributed by atoms with van der Waals surface area (Å²) in [6.07, 6.45) is 0. The Kier molecular flexibility index (Phi) is 4.53. The molecule has 0 aliphatic rings. The fourth-order valence-corrected chi connectivity index (χ4v) is 2.07. The first kappa shape index (κ1) is 17.0. The van der Waals surface area contributed by atoms with Gasteiger partial charge in [-0.05, 0) is 36.5 Å². The van der Waals surface area contributed by atoms with Gasteiger partial charge in [-0.15, -0.1) is 0 Å². The van der Waals surface area contributed by atoms with Crippen molar-refractivity contribution in [1.29, 1.82) is 0 Å². The van der Waals surface area contributed by atoms with Crippen LogP contribution >= 0.6 is 0 Å². The number of carbonyl (C=O) groups is 1. The van der Waals surface area contributed by atoms with E-state index in [1.165, 1.54) is 25.1 Å². The zero-order chi connectivity index (χ0) is 18.0. The third-order valence-corrected chi connectivity index (χ3v) is 3.20. The first-order valence-electron chi connectivity index (χ1n) is 6.63. The van der Waals surface area contributed by atoms with Gasteiger partial charge in [0.15, 0.2) is 0 Å². The number of hydrogen-bond donors (Lipinski definition) is 1. The van der Waals surface area contributed by atoms with Gasteiger partial charge in [-0.25, -0.2) is 4.39 Å². The number of hydrogen-bond acceptors (Lipinski definition) is 6. The lowest BCUT2D eigenvalue weighted by Crippen LogP contribution is -2.21. The number of benzene rings is 1. The van der Waals surface area contributed by atoms with E-state index >= 15 is 0 Å². The molecule has 2 rings (SSSR count). The van der Waals surface area contributed by atoms with Gasteiger partial charge in [-0.2, -0.15) is 4.68 Å². The van der Waals surface area contributed by atoms with Gasteiger partial charge in [0.05, 0.1) is 15.7 Å². The lowest BCUT2D eigenvalue weighted by molar-refractivity contribution is -0.424. The van der Waals surface area contributed by atoms with Crippen LogP contribution in [-0.2, 0) is 11.3 Å². The number of carbonyl (C=O) groups excluding carboxylic acids is 1. The Morgan fingerprint density at radius 2 is 1.96 bits per heavy atom. The summed E-state index contributed by atoms with van der Waals surface area (Å²) >= 11 is 0. The zero-order valence-electron chi connectivity index (χ0n) is 12.6. The summed E-state index contributed by atoms with van der Waals surface area (Å²) in [5.74, 6) is -2.33. The van der Waals surface area contributed by atoms with Gasteiger partial charge >= 0.3 is 11.5 Å². The minimum absolute atomic E-state index is 0.0613. The zero-order valence-corrected chi connectivity index (χ0v) is 12.6. The Hall–Kier alpha value is -3.37. The highest BCUT2D eigenvalue weighted by Crippen LogP contribution is 2.29.